The van der Waals surface area contributed by atoms with Gasteiger partial charge in [0.05, 0.1) is 6.10 Å². The minimum atomic E-state index is 0.388. The molecule has 0 saturated carbocycles. The lowest BCUT2D eigenvalue weighted by Crippen LogP contribution is -2.37. The van der Waals surface area contributed by atoms with Gasteiger partial charge in [-0.2, -0.15) is 0 Å². The summed E-state index contributed by atoms with van der Waals surface area (Å²) >= 11 is 0. The van der Waals surface area contributed by atoms with E-state index < -0.39 is 0 Å². The monoisotopic (exact) mass is 205 g/mol. The zero-order valence-corrected chi connectivity index (χ0v) is 9.28. The average Bonchev–Trinajstić information content (AvgIpc) is 2.31. The van der Waals surface area contributed by atoms with Crippen LogP contribution < -0.4 is 5.32 Å². The van der Waals surface area contributed by atoms with E-state index in [1.165, 1.54) is 5.56 Å². The van der Waals surface area contributed by atoms with Gasteiger partial charge in [-0.05, 0) is 31.9 Å². The highest BCUT2D eigenvalue weighted by Crippen LogP contribution is 2.17. The molecule has 1 aromatic rings. The van der Waals surface area contributed by atoms with Crippen LogP contribution in [0.15, 0.2) is 30.3 Å². The van der Waals surface area contributed by atoms with Crippen LogP contribution >= 0.6 is 0 Å². The summed E-state index contributed by atoms with van der Waals surface area (Å²) in [5.74, 6) is 0. The smallest absolute Gasteiger partial charge is 0.0630 e. The van der Waals surface area contributed by atoms with Gasteiger partial charge in [-0.25, -0.2) is 0 Å². The van der Waals surface area contributed by atoms with E-state index >= 15 is 0 Å². The lowest BCUT2D eigenvalue weighted by atomic mass is 9.98. The third kappa shape index (κ3) is 3.05. The standard InChI is InChI=1S/C13H19NO/c1-14-12-7-8-15-13(10-12)9-11-5-3-2-4-6-11/h2-6,12-14H,7-10H2,1H3. The first kappa shape index (κ1) is 10.7. The molecule has 1 aliphatic rings. The molecule has 1 aromatic carbocycles. The van der Waals surface area contributed by atoms with Gasteiger partial charge >= 0.3 is 0 Å². The number of rotatable bonds is 3. The number of hydrogen-bond acceptors (Lipinski definition) is 2. The fourth-order valence-corrected chi connectivity index (χ4v) is 2.16. The molecule has 0 spiro atoms. The Balaban J connectivity index is 1.89. The van der Waals surface area contributed by atoms with Crippen LogP contribution in [0.1, 0.15) is 18.4 Å². The second-order valence-corrected chi connectivity index (χ2v) is 4.19. The van der Waals surface area contributed by atoms with E-state index in [-0.39, 0.29) is 0 Å². The third-order valence-corrected chi connectivity index (χ3v) is 3.08. The summed E-state index contributed by atoms with van der Waals surface area (Å²) < 4.78 is 5.77. The van der Waals surface area contributed by atoms with Crippen LogP contribution in [0.5, 0.6) is 0 Å². The first-order chi connectivity index (χ1) is 7.38. The minimum Gasteiger partial charge on any atom is -0.378 e. The molecule has 0 radical (unpaired) electrons. The van der Waals surface area contributed by atoms with Crippen LogP contribution in [0.3, 0.4) is 0 Å². The highest BCUT2D eigenvalue weighted by molar-refractivity contribution is 5.15. The Morgan fingerprint density at radius 2 is 2.13 bits per heavy atom. The topological polar surface area (TPSA) is 21.3 Å². The molecular weight excluding hydrogens is 186 g/mol. The van der Waals surface area contributed by atoms with Gasteiger partial charge in [0.1, 0.15) is 0 Å². The molecule has 2 rings (SSSR count). The second kappa shape index (κ2) is 5.29. The minimum absolute atomic E-state index is 0.388. The fourth-order valence-electron chi connectivity index (χ4n) is 2.16. The molecule has 0 bridgehead atoms. The molecule has 0 amide bonds. The average molecular weight is 205 g/mol. The van der Waals surface area contributed by atoms with Gasteiger partial charge in [0.15, 0.2) is 0 Å². The highest BCUT2D eigenvalue weighted by atomic mass is 16.5. The third-order valence-electron chi connectivity index (χ3n) is 3.08. The van der Waals surface area contributed by atoms with E-state index in [0.29, 0.717) is 12.1 Å². The first-order valence-electron chi connectivity index (χ1n) is 5.71. The van der Waals surface area contributed by atoms with Gasteiger partial charge in [0.2, 0.25) is 0 Å². The van der Waals surface area contributed by atoms with Crippen LogP contribution in [0, 0.1) is 0 Å². The zero-order valence-electron chi connectivity index (χ0n) is 9.28. The van der Waals surface area contributed by atoms with Crippen LogP contribution in [0.2, 0.25) is 0 Å². The Kier molecular flexibility index (Phi) is 3.75. The molecule has 2 atom stereocenters. The van der Waals surface area contributed by atoms with Crippen LogP contribution in [-0.2, 0) is 11.2 Å². The number of ether oxygens (including phenoxy) is 1. The maximum atomic E-state index is 5.77. The summed E-state index contributed by atoms with van der Waals surface area (Å²) in [5.41, 5.74) is 1.37. The van der Waals surface area contributed by atoms with Crippen LogP contribution in [0.4, 0.5) is 0 Å². The summed E-state index contributed by atoms with van der Waals surface area (Å²) in [6.07, 6.45) is 3.70. The number of hydrogen-bond donors (Lipinski definition) is 1. The zero-order chi connectivity index (χ0) is 10.5. The Hall–Kier alpha value is -0.860. The highest BCUT2D eigenvalue weighted by Gasteiger charge is 2.21. The Morgan fingerprint density at radius 3 is 2.87 bits per heavy atom. The lowest BCUT2D eigenvalue weighted by molar-refractivity contribution is 0.00362. The molecule has 1 aliphatic heterocycles. The van der Waals surface area contributed by atoms with Crippen molar-refractivity contribution in [3.05, 3.63) is 35.9 Å². The van der Waals surface area contributed by atoms with E-state index in [2.05, 4.69) is 35.6 Å². The van der Waals surface area contributed by atoms with Crippen molar-refractivity contribution in [1.29, 1.82) is 0 Å². The van der Waals surface area contributed by atoms with E-state index in [1.54, 1.807) is 0 Å². The Morgan fingerprint density at radius 1 is 1.33 bits per heavy atom. The summed E-state index contributed by atoms with van der Waals surface area (Å²) in [5, 5.41) is 3.34. The molecule has 1 N–H and O–H groups in total. The van der Waals surface area contributed by atoms with Crippen molar-refractivity contribution in [3.63, 3.8) is 0 Å². The molecule has 0 aliphatic carbocycles. The SMILES string of the molecule is CNC1CCOC(Cc2ccccc2)C1. The van der Waals surface area contributed by atoms with Crippen molar-refractivity contribution < 1.29 is 4.74 Å². The van der Waals surface area contributed by atoms with Crippen molar-refractivity contribution in [2.45, 2.75) is 31.4 Å². The molecule has 0 aromatic heterocycles. The van der Waals surface area contributed by atoms with Gasteiger partial charge in [0.25, 0.3) is 0 Å². The van der Waals surface area contributed by atoms with Crippen molar-refractivity contribution >= 4 is 0 Å². The Labute approximate surface area is 91.6 Å². The molecule has 15 heavy (non-hydrogen) atoms. The van der Waals surface area contributed by atoms with E-state index in [4.69, 9.17) is 4.74 Å². The fraction of sp³-hybridized carbons (Fsp3) is 0.538. The normalized spacial score (nSPS) is 26.5. The predicted octanol–water partition coefficient (Wildman–Crippen LogP) is 2.00. The van der Waals surface area contributed by atoms with Crippen molar-refractivity contribution in [2.24, 2.45) is 0 Å². The predicted molar refractivity (Wildman–Crippen MR) is 62.0 cm³/mol. The molecule has 1 saturated heterocycles. The summed E-state index contributed by atoms with van der Waals surface area (Å²) in [6.45, 7) is 0.892. The first-order valence-corrected chi connectivity index (χ1v) is 5.71. The molecule has 1 heterocycles. The largest absolute Gasteiger partial charge is 0.378 e. The maximum Gasteiger partial charge on any atom is 0.0630 e. The Bertz CT molecular complexity index is 286. The summed E-state index contributed by atoms with van der Waals surface area (Å²) in [4.78, 5) is 0. The maximum absolute atomic E-state index is 5.77. The molecular formula is C13H19NO. The number of benzene rings is 1. The summed E-state index contributed by atoms with van der Waals surface area (Å²) in [7, 11) is 2.04. The second-order valence-electron chi connectivity index (χ2n) is 4.19. The van der Waals surface area contributed by atoms with Crippen LogP contribution in [-0.4, -0.2) is 25.8 Å². The van der Waals surface area contributed by atoms with Crippen molar-refractivity contribution in [3.8, 4) is 0 Å². The van der Waals surface area contributed by atoms with Crippen LogP contribution in [0.25, 0.3) is 0 Å². The molecule has 2 unspecified atom stereocenters. The molecule has 1 fully saturated rings. The lowest BCUT2D eigenvalue weighted by Gasteiger charge is -2.29. The van der Waals surface area contributed by atoms with Gasteiger partial charge in [-0.15, -0.1) is 0 Å². The van der Waals surface area contributed by atoms with E-state index in [9.17, 15) is 0 Å². The van der Waals surface area contributed by atoms with E-state index in [1.807, 2.05) is 7.05 Å². The van der Waals surface area contributed by atoms with Crippen molar-refractivity contribution in [1.82, 2.24) is 5.32 Å². The molecule has 2 nitrogen and oxygen atoms in total. The van der Waals surface area contributed by atoms with Gasteiger partial charge in [-0.3, -0.25) is 0 Å². The van der Waals surface area contributed by atoms with Gasteiger partial charge in [-0.1, -0.05) is 30.3 Å². The van der Waals surface area contributed by atoms with Gasteiger partial charge < -0.3 is 10.1 Å². The molecule has 82 valence electrons. The van der Waals surface area contributed by atoms with Gasteiger partial charge in [0, 0.05) is 12.6 Å². The van der Waals surface area contributed by atoms with E-state index in [0.717, 1.165) is 25.9 Å². The summed E-state index contributed by atoms with van der Waals surface area (Å²) in [6, 6.07) is 11.2. The number of nitrogens with one attached hydrogen (secondary N) is 1. The molecule has 2 heteroatoms. The quantitative estimate of drug-likeness (QED) is 0.815. The van der Waals surface area contributed by atoms with Crippen molar-refractivity contribution in [2.75, 3.05) is 13.7 Å².